The van der Waals surface area contributed by atoms with Crippen molar-refractivity contribution in [2.75, 3.05) is 12.4 Å². The molecule has 0 aliphatic carbocycles. The molecule has 0 saturated heterocycles. The first-order valence-electron chi connectivity index (χ1n) is 2.80. The highest BCUT2D eigenvalue weighted by molar-refractivity contribution is 9.09. The number of carbonyl (C=O) groups is 1. The van der Waals surface area contributed by atoms with E-state index in [1.54, 1.807) is 0 Å². The van der Waals surface area contributed by atoms with E-state index in [2.05, 4.69) is 33.8 Å². The lowest BCUT2D eigenvalue weighted by Gasteiger charge is -2.02. The number of halogens is 1. The van der Waals surface area contributed by atoms with E-state index < -0.39 is 5.97 Å². The molecule has 0 rings (SSSR count). The Labute approximate surface area is 78.8 Å². The molecular formula is C7H9BrO2S. The molecule has 4 heteroatoms. The van der Waals surface area contributed by atoms with Gasteiger partial charge in [-0.15, -0.1) is 0 Å². The highest BCUT2D eigenvalue weighted by Crippen LogP contribution is 2.24. The van der Waals surface area contributed by atoms with Gasteiger partial charge in [-0.3, -0.25) is 0 Å². The Bertz CT molecular complexity index is 189. The van der Waals surface area contributed by atoms with Gasteiger partial charge in [0.05, 0.1) is 12.0 Å². The fourth-order valence-corrected chi connectivity index (χ4v) is 1.27. The molecule has 0 bridgehead atoms. The van der Waals surface area contributed by atoms with Gasteiger partial charge in [0.15, 0.2) is 0 Å². The molecule has 11 heavy (non-hydrogen) atoms. The van der Waals surface area contributed by atoms with Crippen LogP contribution in [0.25, 0.3) is 0 Å². The number of thioether (sulfide) groups is 1. The zero-order valence-corrected chi connectivity index (χ0v) is 8.63. The van der Waals surface area contributed by atoms with Gasteiger partial charge in [0, 0.05) is 5.33 Å². The number of alkyl halides is 1. The lowest BCUT2D eigenvalue weighted by Crippen LogP contribution is -2.00. The lowest BCUT2D eigenvalue weighted by atomic mass is 10.6. The normalized spacial score (nSPS) is 8.91. The van der Waals surface area contributed by atoms with E-state index in [4.69, 9.17) is 0 Å². The average molecular weight is 237 g/mol. The summed E-state index contributed by atoms with van der Waals surface area (Å²) < 4.78 is 4.44. The fourth-order valence-electron chi connectivity index (χ4n) is 0.357. The van der Waals surface area contributed by atoms with Gasteiger partial charge < -0.3 is 4.74 Å². The predicted octanol–water partition coefficient (Wildman–Crippen LogP) is 2.31. The molecule has 0 atom stereocenters. The summed E-state index contributed by atoms with van der Waals surface area (Å²) in [4.78, 5) is 12.0. The fraction of sp³-hybridized carbons (Fsp3) is 0.286. The summed E-state index contributed by atoms with van der Waals surface area (Å²) in [5, 5.41) is 0.647. The third-order valence-corrected chi connectivity index (χ3v) is 2.72. The van der Waals surface area contributed by atoms with Crippen LogP contribution in [0.4, 0.5) is 0 Å². The van der Waals surface area contributed by atoms with Crippen LogP contribution in [0.1, 0.15) is 0 Å². The molecule has 2 nitrogen and oxygen atoms in total. The van der Waals surface area contributed by atoms with Crippen LogP contribution in [0.5, 0.6) is 0 Å². The standard InChI is InChI=1S/C7H9BrO2S/c1-5(4-8)11-6(2)7(9)10-3/h1-2,4H2,3H3. The Hall–Kier alpha value is -0.220. The van der Waals surface area contributed by atoms with Gasteiger partial charge >= 0.3 is 5.97 Å². The molecule has 0 heterocycles. The van der Waals surface area contributed by atoms with Crippen molar-refractivity contribution in [3.8, 4) is 0 Å². The molecule has 0 N–H and O–H groups in total. The van der Waals surface area contributed by atoms with Crippen LogP contribution < -0.4 is 0 Å². The first-order chi connectivity index (χ1) is 5.11. The predicted molar refractivity (Wildman–Crippen MR) is 51.7 cm³/mol. The molecule has 0 aromatic heterocycles. The summed E-state index contributed by atoms with van der Waals surface area (Å²) in [6.07, 6.45) is 0. The Morgan fingerprint density at radius 3 is 2.55 bits per heavy atom. The monoisotopic (exact) mass is 236 g/mol. The third-order valence-electron chi connectivity index (χ3n) is 0.830. The van der Waals surface area contributed by atoms with Crippen molar-refractivity contribution < 1.29 is 9.53 Å². The number of ether oxygens (including phenoxy) is 1. The summed E-state index contributed by atoms with van der Waals surface area (Å²) >= 11 is 4.42. The van der Waals surface area contributed by atoms with Crippen molar-refractivity contribution >= 4 is 33.7 Å². The van der Waals surface area contributed by atoms with Crippen molar-refractivity contribution in [2.45, 2.75) is 0 Å². The zero-order valence-electron chi connectivity index (χ0n) is 6.22. The molecule has 62 valence electrons. The summed E-state index contributed by atoms with van der Waals surface area (Å²) in [6.45, 7) is 7.20. The topological polar surface area (TPSA) is 26.3 Å². The largest absolute Gasteiger partial charge is 0.465 e. The maximum Gasteiger partial charge on any atom is 0.344 e. The van der Waals surface area contributed by atoms with E-state index in [9.17, 15) is 4.79 Å². The van der Waals surface area contributed by atoms with Gasteiger partial charge in [0.2, 0.25) is 0 Å². The van der Waals surface area contributed by atoms with Crippen LogP contribution in [-0.4, -0.2) is 18.4 Å². The molecule has 0 unspecified atom stereocenters. The van der Waals surface area contributed by atoms with Gasteiger partial charge in [-0.05, 0) is 4.91 Å². The van der Waals surface area contributed by atoms with Crippen LogP contribution >= 0.6 is 27.7 Å². The first kappa shape index (κ1) is 10.8. The van der Waals surface area contributed by atoms with Crippen LogP contribution in [-0.2, 0) is 9.53 Å². The summed E-state index contributed by atoms with van der Waals surface area (Å²) in [7, 11) is 1.32. The van der Waals surface area contributed by atoms with Gasteiger partial charge in [-0.1, -0.05) is 40.8 Å². The molecule has 0 aromatic rings. The molecule has 0 amide bonds. The van der Waals surface area contributed by atoms with E-state index in [0.29, 0.717) is 10.2 Å². The van der Waals surface area contributed by atoms with E-state index in [1.165, 1.54) is 18.9 Å². The van der Waals surface area contributed by atoms with E-state index in [1.807, 2.05) is 0 Å². The second-order valence-electron chi connectivity index (χ2n) is 1.69. The van der Waals surface area contributed by atoms with Crippen LogP contribution in [0.3, 0.4) is 0 Å². The maximum absolute atomic E-state index is 10.8. The molecule has 0 spiro atoms. The number of carbonyl (C=O) groups excluding carboxylic acids is 1. The number of esters is 1. The van der Waals surface area contributed by atoms with Crippen molar-refractivity contribution in [3.05, 3.63) is 23.0 Å². The van der Waals surface area contributed by atoms with Crippen LogP contribution in [0.2, 0.25) is 0 Å². The minimum Gasteiger partial charge on any atom is -0.465 e. The minimum atomic E-state index is -0.405. The third kappa shape index (κ3) is 4.27. The van der Waals surface area contributed by atoms with Crippen molar-refractivity contribution in [2.24, 2.45) is 0 Å². The SMILES string of the molecule is C=C(CBr)SC(=C)C(=O)OC. The van der Waals surface area contributed by atoms with E-state index in [0.717, 1.165) is 4.91 Å². The molecule has 0 radical (unpaired) electrons. The molecule has 0 aliphatic rings. The number of rotatable bonds is 4. The molecule has 0 fully saturated rings. The minimum absolute atomic E-state index is 0.358. The highest BCUT2D eigenvalue weighted by Gasteiger charge is 2.07. The van der Waals surface area contributed by atoms with Gasteiger partial charge in [0.1, 0.15) is 0 Å². The van der Waals surface area contributed by atoms with Crippen molar-refractivity contribution in [1.82, 2.24) is 0 Å². The second-order valence-corrected chi connectivity index (χ2v) is 3.52. The first-order valence-corrected chi connectivity index (χ1v) is 4.74. The second kappa shape index (κ2) is 5.43. The number of hydrogen-bond donors (Lipinski definition) is 0. The lowest BCUT2D eigenvalue weighted by molar-refractivity contribution is -0.135. The average Bonchev–Trinajstić information content (AvgIpc) is 2.02. The number of hydrogen-bond acceptors (Lipinski definition) is 3. The Morgan fingerprint density at radius 1 is 1.64 bits per heavy atom. The summed E-state index contributed by atoms with van der Waals surface area (Å²) in [5.74, 6) is -0.405. The Balaban J connectivity index is 3.88. The Kier molecular flexibility index (Phi) is 5.32. The van der Waals surface area contributed by atoms with Crippen LogP contribution in [0, 0.1) is 0 Å². The van der Waals surface area contributed by atoms with Crippen LogP contribution in [0.15, 0.2) is 23.0 Å². The number of allylic oxidation sites excluding steroid dienone is 1. The quantitative estimate of drug-likeness (QED) is 0.426. The summed E-state index contributed by atoms with van der Waals surface area (Å²) in [6, 6.07) is 0. The Morgan fingerprint density at radius 2 is 2.18 bits per heavy atom. The maximum atomic E-state index is 10.8. The van der Waals surface area contributed by atoms with Gasteiger partial charge in [0.25, 0.3) is 0 Å². The molecule has 0 aromatic carbocycles. The zero-order chi connectivity index (χ0) is 8.85. The highest BCUT2D eigenvalue weighted by atomic mass is 79.9. The molecular weight excluding hydrogens is 228 g/mol. The molecule has 0 aliphatic heterocycles. The van der Waals surface area contributed by atoms with Gasteiger partial charge in [-0.2, -0.15) is 0 Å². The molecule has 0 saturated carbocycles. The van der Waals surface area contributed by atoms with Crippen molar-refractivity contribution in [3.63, 3.8) is 0 Å². The smallest absolute Gasteiger partial charge is 0.344 e. The van der Waals surface area contributed by atoms with E-state index in [-0.39, 0.29) is 0 Å². The number of methoxy groups -OCH3 is 1. The van der Waals surface area contributed by atoms with Crippen molar-refractivity contribution in [1.29, 1.82) is 0 Å². The summed E-state index contributed by atoms with van der Waals surface area (Å²) in [5.41, 5.74) is 0. The van der Waals surface area contributed by atoms with Gasteiger partial charge in [-0.25, -0.2) is 4.79 Å². The van der Waals surface area contributed by atoms with E-state index >= 15 is 0 Å².